The van der Waals surface area contributed by atoms with Gasteiger partial charge >= 0.3 is 11.9 Å². The maximum absolute atomic E-state index is 9.55. The van der Waals surface area contributed by atoms with Crippen LogP contribution in [-0.2, 0) is 19.1 Å². The summed E-state index contributed by atoms with van der Waals surface area (Å²) in [4.78, 5) is 19.1. The molecule has 8 nitrogen and oxygen atoms in total. The molecule has 0 bridgehead atoms. The molecule has 4 atom stereocenters. The molecule has 0 radical (unpaired) electrons. The van der Waals surface area contributed by atoms with Crippen LogP contribution in [0.25, 0.3) is 0 Å². The van der Waals surface area contributed by atoms with Crippen molar-refractivity contribution in [3.63, 3.8) is 0 Å². The molecule has 24 heavy (non-hydrogen) atoms. The van der Waals surface area contributed by atoms with Crippen molar-refractivity contribution >= 4 is 11.9 Å². The van der Waals surface area contributed by atoms with Crippen LogP contribution in [0.4, 0.5) is 0 Å². The molecule has 0 aromatic rings. The monoisotopic (exact) mass is 346 g/mol. The molecule has 6 N–H and O–H groups in total. The maximum atomic E-state index is 9.55. The van der Waals surface area contributed by atoms with Crippen molar-refractivity contribution in [1.29, 1.82) is 0 Å². The standard InChI is InChI=1S/2C6H13NO.C4H4O4/c2*1-5(7)6-3-2-4-8-6;5-3(6)1-2-4(7)8/h2*5-6H,2-4,7H2,1H3;1-2H,(H,5,6)(H,7,8). The maximum Gasteiger partial charge on any atom is 0.328 e. The van der Waals surface area contributed by atoms with Crippen molar-refractivity contribution < 1.29 is 29.3 Å². The van der Waals surface area contributed by atoms with Crippen LogP contribution in [-0.4, -0.2) is 59.7 Å². The lowest BCUT2D eigenvalue weighted by atomic mass is 10.1. The van der Waals surface area contributed by atoms with Crippen molar-refractivity contribution in [3.8, 4) is 0 Å². The van der Waals surface area contributed by atoms with Gasteiger partial charge in [-0.1, -0.05) is 0 Å². The van der Waals surface area contributed by atoms with Crippen molar-refractivity contribution in [1.82, 2.24) is 0 Å². The molecule has 2 heterocycles. The topological polar surface area (TPSA) is 145 Å². The number of carboxylic acids is 2. The number of nitrogens with two attached hydrogens (primary N) is 2. The van der Waals surface area contributed by atoms with Gasteiger partial charge in [0.15, 0.2) is 0 Å². The first-order valence-corrected chi connectivity index (χ1v) is 8.12. The molecule has 0 spiro atoms. The van der Waals surface area contributed by atoms with Crippen LogP contribution in [0.2, 0.25) is 0 Å². The smallest absolute Gasteiger partial charge is 0.328 e. The Labute approximate surface area is 142 Å². The van der Waals surface area contributed by atoms with E-state index in [0.717, 1.165) is 26.1 Å². The Morgan fingerprint density at radius 2 is 1.25 bits per heavy atom. The van der Waals surface area contributed by atoms with Gasteiger partial charge in [0, 0.05) is 37.4 Å². The molecule has 0 saturated carbocycles. The molecule has 4 unspecified atom stereocenters. The average Bonchev–Trinajstić information content (AvgIpc) is 3.19. The molecule has 0 aromatic heterocycles. The largest absolute Gasteiger partial charge is 0.478 e. The molecule has 2 rings (SSSR count). The number of aliphatic carboxylic acids is 2. The summed E-state index contributed by atoms with van der Waals surface area (Å²) in [6.45, 7) is 5.81. The van der Waals surface area contributed by atoms with Gasteiger partial charge in [0.05, 0.1) is 12.2 Å². The Hall–Kier alpha value is -1.48. The van der Waals surface area contributed by atoms with Gasteiger partial charge in [-0.25, -0.2) is 9.59 Å². The zero-order valence-electron chi connectivity index (χ0n) is 14.4. The van der Waals surface area contributed by atoms with Crippen LogP contribution in [0.15, 0.2) is 12.2 Å². The number of carbonyl (C=O) groups is 2. The third-order valence-electron chi connectivity index (χ3n) is 3.47. The minimum atomic E-state index is -1.26. The van der Waals surface area contributed by atoms with Gasteiger partial charge in [0.1, 0.15) is 0 Å². The van der Waals surface area contributed by atoms with Crippen LogP contribution < -0.4 is 11.5 Å². The second-order valence-electron chi connectivity index (χ2n) is 5.83. The SMILES string of the molecule is CC(N)C1CCCO1.CC(N)C1CCCO1.O=C(O)C=CC(=O)O. The third kappa shape index (κ3) is 12.0. The number of rotatable bonds is 4. The van der Waals surface area contributed by atoms with Gasteiger partial charge in [-0.15, -0.1) is 0 Å². The lowest BCUT2D eigenvalue weighted by Gasteiger charge is -2.11. The molecule has 2 aliphatic heterocycles. The highest BCUT2D eigenvalue weighted by atomic mass is 16.5. The molecule has 0 aliphatic carbocycles. The zero-order valence-corrected chi connectivity index (χ0v) is 14.4. The molecule has 2 fully saturated rings. The molecule has 0 amide bonds. The minimum absolute atomic E-state index is 0.220. The average molecular weight is 346 g/mol. The summed E-state index contributed by atoms with van der Waals surface area (Å²) < 4.78 is 10.6. The van der Waals surface area contributed by atoms with Crippen molar-refractivity contribution in [2.45, 2.75) is 63.8 Å². The van der Waals surface area contributed by atoms with Gasteiger partial charge in [0.25, 0.3) is 0 Å². The minimum Gasteiger partial charge on any atom is -0.478 e. The number of hydrogen-bond donors (Lipinski definition) is 4. The molecule has 140 valence electrons. The first-order chi connectivity index (χ1) is 11.2. The van der Waals surface area contributed by atoms with E-state index in [1.807, 2.05) is 13.8 Å². The lowest BCUT2D eigenvalue weighted by Crippen LogP contribution is -2.30. The summed E-state index contributed by atoms with van der Waals surface area (Å²) in [5.41, 5.74) is 11.1. The Morgan fingerprint density at radius 1 is 0.917 bits per heavy atom. The summed E-state index contributed by atoms with van der Waals surface area (Å²) >= 11 is 0. The van der Waals surface area contributed by atoms with Crippen LogP contribution in [0.3, 0.4) is 0 Å². The number of hydrogen-bond acceptors (Lipinski definition) is 6. The van der Waals surface area contributed by atoms with Gasteiger partial charge in [-0.05, 0) is 39.5 Å². The van der Waals surface area contributed by atoms with Crippen molar-refractivity contribution in [2.24, 2.45) is 11.5 Å². The predicted octanol–water partition coefficient (Wildman–Crippen LogP) is 0.737. The summed E-state index contributed by atoms with van der Waals surface area (Å²) in [6.07, 6.45) is 6.48. The summed E-state index contributed by atoms with van der Waals surface area (Å²) in [6, 6.07) is 0.440. The Morgan fingerprint density at radius 3 is 1.38 bits per heavy atom. The predicted molar refractivity (Wildman–Crippen MR) is 89.7 cm³/mol. The second kappa shape index (κ2) is 12.9. The Bertz CT molecular complexity index is 350. The summed E-state index contributed by atoms with van der Waals surface area (Å²) in [5.74, 6) is -2.51. The van der Waals surface area contributed by atoms with E-state index < -0.39 is 11.9 Å². The highest BCUT2D eigenvalue weighted by molar-refractivity contribution is 5.89. The molecule has 2 aliphatic rings. The second-order valence-corrected chi connectivity index (χ2v) is 5.83. The van der Waals surface area contributed by atoms with E-state index in [-0.39, 0.29) is 12.1 Å². The quantitative estimate of drug-likeness (QED) is 0.545. The summed E-state index contributed by atoms with van der Waals surface area (Å²) in [7, 11) is 0. The van der Waals surface area contributed by atoms with E-state index in [2.05, 4.69) is 0 Å². The molecular formula is C16H30N2O6. The molecule has 0 aromatic carbocycles. The Balaban J connectivity index is 0.000000331. The Kier molecular flexibility index (Phi) is 12.1. The fourth-order valence-corrected chi connectivity index (χ4v) is 2.18. The molecule has 2 saturated heterocycles. The van der Waals surface area contributed by atoms with E-state index in [1.54, 1.807) is 0 Å². The third-order valence-corrected chi connectivity index (χ3v) is 3.47. The van der Waals surface area contributed by atoms with Crippen LogP contribution in [0, 0.1) is 0 Å². The van der Waals surface area contributed by atoms with E-state index in [1.165, 1.54) is 12.8 Å². The normalized spacial score (nSPS) is 25.2. The molecule has 8 heteroatoms. The highest BCUT2D eigenvalue weighted by Gasteiger charge is 2.19. The van der Waals surface area contributed by atoms with Crippen LogP contribution >= 0.6 is 0 Å². The number of carboxylic acid groups (broad SMARTS) is 2. The zero-order chi connectivity index (χ0) is 18.5. The van der Waals surface area contributed by atoms with Crippen LogP contribution in [0.5, 0.6) is 0 Å². The van der Waals surface area contributed by atoms with Gasteiger partial charge < -0.3 is 31.2 Å². The van der Waals surface area contributed by atoms with Gasteiger partial charge in [-0.3, -0.25) is 0 Å². The fraction of sp³-hybridized carbons (Fsp3) is 0.750. The lowest BCUT2D eigenvalue weighted by molar-refractivity contribution is -0.134. The first kappa shape index (κ1) is 22.5. The van der Waals surface area contributed by atoms with E-state index >= 15 is 0 Å². The number of ether oxygens (including phenoxy) is 2. The molecular weight excluding hydrogens is 316 g/mol. The van der Waals surface area contributed by atoms with E-state index in [9.17, 15) is 9.59 Å². The van der Waals surface area contributed by atoms with Gasteiger partial charge in [0.2, 0.25) is 0 Å². The van der Waals surface area contributed by atoms with E-state index in [4.69, 9.17) is 31.2 Å². The van der Waals surface area contributed by atoms with Crippen molar-refractivity contribution in [3.05, 3.63) is 12.2 Å². The fourth-order valence-electron chi connectivity index (χ4n) is 2.18. The highest BCUT2D eigenvalue weighted by Crippen LogP contribution is 2.14. The first-order valence-electron chi connectivity index (χ1n) is 8.12. The van der Waals surface area contributed by atoms with Crippen LogP contribution in [0.1, 0.15) is 39.5 Å². The summed E-state index contributed by atoms with van der Waals surface area (Å²) in [5, 5.41) is 15.6. The van der Waals surface area contributed by atoms with E-state index in [0.29, 0.717) is 24.4 Å². The van der Waals surface area contributed by atoms with Gasteiger partial charge in [-0.2, -0.15) is 0 Å². The van der Waals surface area contributed by atoms with Crippen molar-refractivity contribution in [2.75, 3.05) is 13.2 Å².